The molecule has 1 aliphatic heterocycles. The quantitative estimate of drug-likeness (QED) is 0.837. The van der Waals surface area contributed by atoms with Crippen LogP contribution in [0, 0.1) is 5.82 Å². The molecule has 0 bridgehead atoms. The SMILES string of the molecule is CC1CC(OCc2ccc(F)c(Br)c2)CC(C)O1. The lowest BCUT2D eigenvalue weighted by Gasteiger charge is -2.32. The smallest absolute Gasteiger partial charge is 0.137 e. The van der Waals surface area contributed by atoms with Crippen molar-refractivity contribution in [3.8, 4) is 0 Å². The minimum atomic E-state index is -0.243. The number of rotatable bonds is 3. The first-order valence-electron chi connectivity index (χ1n) is 6.25. The molecule has 18 heavy (non-hydrogen) atoms. The van der Waals surface area contributed by atoms with Crippen molar-refractivity contribution < 1.29 is 13.9 Å². The summed E-state index contributed by atoms with van der Waals surface area (Å²) in [5.41, 5.74) is 0.982. The van der Waals surface area contributed by atoms with E-state index in [1.807, 2.05) is 0 Å². The Morgan fingerprint density at radius 1 is 1.33 bits per heavy atom. The molecular formula is C14H18BrFO2. The molecule has 0 aliphatic carbocycles. The number of hydrogen-bond donors (Lipinski definition) is 0. The summed E-state index contributed by atoms with van der Waals surface area (Å²) in [6.07, 6.45) is 2.57. The van der Waals surface area contributed by atoms with Gasteiger partial charge >= 0.3 is 0 Å². The standard InChI is InChI=1S/C14H18BrFO2/c1-9-5-12(6-10(2)18-9)17-8-11-3-4-14(16)13(15)7-11/h3-4,7,9-10,12H,5-6,8H2,1-2H3. The molecule has 0 radical (unpaired) electrons. The molecule has 0 N–H and O–H groups in total. The van der Waals surface area contributed by atoms with Gasteiger partial charge in [-0.25, -0.2) is 4.39 Å². The van der Waals surface area contributed by atoms with Gasteiger partial charge in [0.05, 0.1) is 29.4 Å². The van der Waals surface area contributed by atoms with Crippen LogP contribution in [0.25, 0.3) is 0 Å². The Morgan fingerprint density at radius 2 is 2.00 bits per heavy atom. The molecule has 2 rings (SSSR count). The van der Waals surface area contributed by atoms with Crippen LogP contribution in [0.2, 0.25) is 0 Å². The molecule has 1 saturated heterocycles. The second kappa shape index (κ2) is 6.13. The van der Waals surface area contributed by atoms with Gasteiger partial charge in [0, 0.05) is 0 Å². The van der Waals surface area contributed by atoms with Gasteiger partial charge in [0.15, 0.2) is 0 Å². The highest BCUT2D eigenvalue weighted by Gasteiger charge is 2.24. The van der Waals surface area contributed by atoms with Gasteiger partial charge in [0.1, 0.15) is 5.82 Å². The van der Waals surface area contributed by atoms with E-state index in [4.69, 9.17) is 9.47 Å². The van der Waals surface area contributed by atoms with Crippen LogP contribution in [0.4, 0.5) is 4.39 Å². The second-order valence-corrected chi connectivity index (χ2v) is 5.76. The van der Waals surface area contributed by atoms with E-state index in [0.717, 1.165) is 18.4 Å². The normalized spacial score (nSPS) is 28.3. The second-order valence-electron chi connectivity index (χ2n) is 4.91. The highest BCUT2D eigenvalue weighted by atomic mass is 79.9. The van der Waals surface area contributed by atoms with E-state index in [-0.39, 0.29) is 24.1 Å². The molecule has 0 aromatic heterocycles. The van der Waals surface area contributed by atoms with E-state index in [0.29, 0.717) is 11.1 Å². The van der Waals surface area contributed by atoms with Gasteiger partial charge in [0.25, 0.3) is 0 Å². The first-order chi connectivity index (χ1) is 8.54. The van der Waals surface area contributed by atoms with Crippen molar-refractivity contribution in [1.82, 2.24) is 0 Å². The van der Waals surface area contributed by atoms with E-state index >= 15 is 0 Å². The fraction of sp³-hybridized carbons (Fsp3) is 0.571. The Bertz CT molecular complexity index is 401. The Hall–Kier alpha value is -0.450. The van der Waals surface area contributed by atoms with Crippen molar-refractivity contribution in [2.24, 2.45) is 0 Å². The molecule has 4 heteroatoms. The molecule has 100 valence electrons. The van der Waals surface area contributed by atoms with Crippen LogP contribution in [-0.2, 0) is 16.1 Å². The Balaban J connectivity index is 1.89. The molecule has 0 saturated carbocycles. The highest BCUT2D eigenvalue weighted by Crippen LogP contribution is 2.23. The van der Waals surface area contributed by atoms with Crippen LogP contribution in [-0.4, -0.2) is 18.3 Å². The van der Waals surface area contributed by atoms with Gasteiger partial charge in [-0.2, -0.15) is 0 Å². The average molecular weight is 317 g/mol. The number of hydrogen-bond acceptors (Lipinski definition) is 2. The summed E-state index contributed by atoms with van der Waals surface area (Å²) in [7, 11) is 0. The molecule has 2 nitrogen and oxygen atoms in total. The zero-order valence-corrected chi connectivity index (χ0v) is 12.2. The Morgan fingerprint density at radius 3 is 2.61 bits per heavy atom. The molecule has 2 atom stereocenters. The van der Waals surface area contributed by atoms with Crippen molar-refractivity contribution in [2.45, 2.75) is 51.6 Å². The zero-order valence-electron chi connectivity index (χ0n) is 10.7. The molecule has 0 amide bonds. The summed E-state index contributed by atoms with van der Waals surface area (Å²) >= 11 is 3.18. The monoisotopic (exact) mass is 316 g/mol. The van der Waals surface area contributed by atoms with Crippen LogP contribution in [0.5, 0.6) is 0 Å². The fourth-order valence-electron chi connectivity index (χ4n) is 2.32. The molecule has 0 spiro atoms. The average Bonchev–Trinajstić information content (AvgIpc) is 2.29. The van der Waals surface area contributed by atoms with Crippen molar-refractivity contribution in [3.63, 3.8) is 0 Å². The zero-order chi connectivity index (χ0) is 13.1. The molecule has 1 fully saturated rings. The topological polar surface area (TPSA) is 18.5 Å². The van der Waals surface area contributed by atoms with Crippen LogP contribution in [0.3, 0.4) is 0 Å². The van der Waals surface area contributed by atoms with E-state index < -0.39 is 0 Å². The molecule has 1 heterocycles. The predicted octanol–water partition coefficient (Wildman–Crippen LogP) is 4.06. The van der Waals surface area contributed by atoms with Gasteiger partial charge < -0.3 is 9.47 Å². The third-order valence-electron chi connectivity index (χ3n) is 3.12. The van der Waals surface area contributed by atoms with Crippen LogP contribution < -0.4 is 0 Å². The third kappa shape index (κ3) is 3.77. The van der Waals surface area contributed by atoms with Crippen molar-refractivity contribution in [1.29, 1.82) is 0 Å². The van der Waals surface area contributed by atoms with Gasteiger partial charge in [-0.05, 0) is 60.3 Å². The molecule has 2 unspecified atom stereocenters. The van der Waals surface area contributed by atoms with Gasteiger partial charge in [0.2, 0.25) is 0 Å². The van der Waals surface area contributed by atoms with Crippen molar-refractivity contribution in [2.75, 3.05) is 0 Å². The third-order valence-corrected chi connectivity index (χ3v) is 3.73. The Kier molecular flexibility index (Phi) is 4.76. The minimum absolute atomic E-state index is 0.229. The first kappa shape index (κ1) is 14.0. The van der Waals surface area contributed by atoms with Gasteiger partial charge in [-0.15, -0.1) is 0 Å². The maximum absolute atomic E-state index is 13.1. The van der Waals surface area contributed by atoms with E-state index in [1.54, 1.807) is 12.1 Å². The lowest BCUT2D eigenvalue weighted by molar-refractivity contribution is -0.106. The summed E-state index contributed by atoms with van der Waals surface area (Å²) in [4.78, 5) is 0. The number of benzene rings is 1. The molecule has 1 aromatic rings. The summed E-state index contributed by atoms with van der Waals surface area (Å²) < 4.78 is 25.1. The van der Waals surface area contributed by atoms with Gasteiger partial charge in [-0.3, -0.25) is 0 Å². The number of halogens is 2. The maximum Gasteiger partial charge on any atom is 0.137 e. The summed E-state index contributed by atoms with van der Waals surface area (Å²) in [5.74, 6) is -0.243. The molecule has 1 aliphatic rings. The summed E-state index contributed by atoms with van der Waals surface area (Å²) in [6.45, 7) is 4.66. The van der Waals surface area contributed by atoms with Crippen LogP contribution >= 0.6 is 15.9 Å². The van der Waals surface area contributed by atoms with E-state index in [1.165, 1.54) is 6.07 Å². The van der Waals surface area contributed by atoms with Crippen molar-refractivity contribution in [3.05, 3.63) is 34.1 Å². The van der Waals surface area contributed by atoms with E-state index in [9.17, 15) is 4.39 Å². The van der Waals surface area contributed by atoms with Crippen LogP contribution in [0.1, 0.15) is 32.3 Å². The predicted molar refractivity (Wildman–Crippen MR) is 71.9 cm³/mol. The highest BCUT2D eigenvalue weighted by molar-refractivity contribution is 9.10. The van der Waals surface area contributed by atoms with Crippen molar-refractivity contribution >= 4 is 15.9 Å². The summed E-state index contributed by atoms with van der Waals surface area (Å²) in [5, 5.41) is 0. The summed E-state index contributed by atoms with van der Waals surface area (Å²) in [6, 6.07) is 4.98. The molecule has 1 aromatic carbocycles. The molecular weight excluding hydrogens is 299 g/mol. The maximum atomic E-state index is 13.1. The first-order valence-corrected chi connectivity index (χ1v) is 7.05. The minimum Gasteiger partial charge on any atom is -0.375 e. The number of ether oxygens (including phenoxy) is 2. The largest absolute Gasteiger partial charge is 0.375 e. The fourth-order valence-corrected chi connectivity index (χ4v) is 2.75. The Labute approximate surface area is 116 Å². The lowest BCUT2D eigenvalue weighted by atomic mass is 10.0. The van der Waals surface area contributed by atoms with E-state index in [2.05, 4.69) is 29.8 Å². The van der Waals surface area contributed by atoms with Gasteiger partial charge in [-0.1, -0.05) is 6.07 Å². The van der Waals surface area contributed by atoms with Crippen LogP contribution in [0.15, 0.2) is 22.7 Å². The lowest BCUT2D eigenvalue weighted by Crippen LogP contribution is -2.33.